The number of aromatic amines is 1. The lowest BCUT2D eigenvalue weighted by Crippen LogP contribution is -2.51. The van der Waals surface area contributed by atoms with E-state index < -0.39 is 18.1 Å². The summed E-state index contributed by atoms with van der Waals surface area (Å²) >= 11 is 0. The van der Waals surface area contributed by atoms with Gasteiger partial charge in [0, 0.05) is 29.9 Å². The molecule has 7 heteroatoms. The number of nitrogens with one attached hydrogen (secondary N) is 1. The average molecular weight is 408 g/mol. The zero-order valence-corrected chi connectivity index (χ0v) is 17.4. The van der Waals surface area contributed by atoms with Crippen LogP contribution in [0.3, 0.4) is 0 Å². The maximum absolute atomic E-state index is 12.8. The number of methoxy groups -OCH3 is 3. The van der Waals surface area contributed by atoms with Gasteiger partial charge in [-0.25, -0.2) is 4.79 Å². The highest BCUT2D eigenvalue weighted by Crippen LogP contribution is 2.43. The molecule has 2 atom stereocenters. The third kappa shape index (κ3) is 3.07. The molecule has 0 aliphatic carbocycles. The summed E-state index contributed by atoms with van der Waals surface area (Å²) in [5, 5.41) is 1.04. The summed E-state index contributed by atoms with van der Waals surface area (Å²) in [4.78, 5) is 30.5. The molecule has 156 valence electrons. The van der Waals surface area contributed by atoms with Gasteiger partial charge in [0.2, 0.25) is 5.91 Å². The lowest BCUT2D eigenvalue weighted by atomic mass is 9.87. The van der Waals surface area contributed by atoms with Gasteiger partial charge < -0.3 is 24.1 Å². The lowest BCUT2D eigenvalue weighted by Gasteiger charge is -2.40. The van der Waals surface area contributed by atoms with Crippen molar-refractivity contribution in [3.05, 3.63) is 59.3 Å². The molecule has 1 aliphatic heterocycles. The number of fused-ring (bicyclic) bond motifs is 3. The van der Waals surface area contributed by atoms with Crippen LogP contribution in [0.15, 0.2) is 42.5 Å². The first-order valence-electron chi connectivity index (χ1n) is 9.68. The number of ether oxygens (including phenoxy) is 3. The molecule has 30 heavy (non-hydrogen) atoms. The van der Waals surface area contributed by atoms with Gasteiger partial charge in [0.1, 0.15) is 6.04 Å². The summed E-state index contributed by atoms with van der Waals surface area (Å²) in [5.74, 6) is 0.491. The Morgan fingerprint density at radius 3 is 2.43 bits per heavy atom. The molecule has 0 unspecified atom stereocenters. The molecule has 1 aliphatic rings. The van der Waals surface area contributed by atoms with E-state index in [2.05, 4.69) is 4.98 Å². The second-order valence-electron chi connectivity index (χ2n) is 7.25. The number of nitrogens with zero attached hydrogens (tertiary/aromatic N) is 1. The van der Waals surface area contributed by atoms with E-state index in [9.17, 15) is 9.59 Å². The fraction of sp³-hybridized carbons (Fsp3) is 0.304. The number of hydrogen-bond donors (Lipinski definition) is 1. The van der Waals surface area contributed by atoms with Gasteiger partial charge in [-0.2, -0.15) is 0 Å². The van der Waals surface area contributed by atoms with Gasteiger partial charge in [-0.3, -0.25) is 4.79 Å². The van der Waals surface area contributed by atoms with E-state index in [-0.39, 0.29) is 5.91 Å². The van der Waals surface area contributed by atoms with Crippen LogP contribution in [-0.4, -0.2) is 49.1 Å². The Bertz CT molecular complexity index is 1120. The number of aromatic nitrogens is 1. The highest BCUT2D eigenvalue weighted by atomic mass is 16.5. The monoisotopic (exact) mass is 408 g/mol. The number of amides is 1. The molecule has 0 spiro atoms. The van der Waals surface area contributed by atoms with E-state index in [1.807, 2.05) is 36.4 Å². The van der Waals surface area contributed by atoms with Gasteiger partial charge in [0.15, 0.2) is 11.5 Å². The number of carbonyl (C=O) groups is 2. The van der Waals surface area contributed by atoms with E-state index in [1.165, 1.54) is 14.0 Å². The third-order valence-electron chi connectivity index (χ3n) is 5.69. The number of benzene rings is 2. The van der Waals surface area contributed by atoms with Crippen molar-refractivity contribution in [1.29, 1.82) is 0 Å². The van der Waals surface area contributed by atoms with Crippen molar-refractivity contribution in [3.8, 4) is 11.5 Å². The van der Waals surface area contributed by atoms with Crippen LogP contribution in [0.2, 0.25) is 0 Å². The Labute approximate surface area is 174 Å². The highest BCUT2D eigenvalue weighted by molar-refractivity contribution is 5.90. The second-order valence-corrected chi connectivity index (χ2v) is 7.25. The third-order valence-corrected chi connectivity index (χ3v) is 5.69. The molecular weight excluding hydrogens is 384 g/mol. The van der Waals surface area contributed by atoms with E-state index in [1.54, 1.807) is 25.2 Å². The maximum atomic E-state index is 12.8. The van der Waals surface area contributed by atoms with Crippen LogP contribution in [0.1, 0.15) is 29.8 Å². The van der Waals surface area contributed by atoms with Crippen LogP contribution in [0.25, 0.3) is 10.9 Å². The van der Waals surface area contributed by atoms with Gasteiger partial charge >= 0.3 is 5.97 Å². The molecule has 0 bridgehead atoms. The summed E-state index contributed by atoms with van der Waals surface area (Å²) in [7, 11) is 4.48. The Morgan fingerprint density at radius 1 is 1.03 bits per heavy atom. The largest absolute Gasteiger partial charge is 0.493 e. The molecule has 3 aromatic rings. The van der Waals surface area contributed by atoms with Crippen LogP contribution < -0.4 is 9.47 Å². The predicted octanol–water partition coefficient (Wildman–Crippen LogP) is 3.22. The average Bonchev–Trinajstić information content (AvgIpc) is 3.15. The molecule has 1 N–H and O–H groups in total. The predicted molar refractivity (Wildman–Crippen MR) is 112 cm³/mol. The van der Waals surface area contributed by atoms with Gasteiger partial charge in [0.05, 0.1) is 27.4 Å². The normalized spacial score (nSPS) is 18.1. The summed E-state index contributed by atoms with van der Waals surface area (Å²) < 4.78 is 15.9. The Hall–Kier alpha value is -3.48. The second kappa shape index (κ2) is 7.74. The minimum Gasteiger partial charge on any atom is -0.493 e. The molecule has 0 saturated carbocycles. The standard InChI is InChI=1S/C23H24N2O5/c1-13(26)25-18(23(27)30-4)12-16-15-7-5-6-8-17(15)24-21(16)22(25)14-9-10-19(28-2)20(11-14)29-3/h5-11,18,22,24H,12H2,1-4H3/t18-,22-/m0/s1. The van der Waals surface area contributed by atoms with Gasteiger partial charge in [-0.1, -0.05) is 24.3 Å². The summed E-state index contributed by atoms with van der Waals surface area (Å²) in [5.41, 5.74) is 3.67. The Balaban J connectivity index is 1.98. The van der Waals surface area contributed by atoms with E-state index >= 15 is 0 Å². The van der Waals surface area contributed by atoms with E-state index in [0.29, 0.717) is 17.9 Å². The van der Waals surface area contributed by atoms with Crippen molar-refractivity contribution in [2.24, 2.45) is 0 Å². The zero-order chi connectivity index (χ0) is 21.4. The highest BCUT2D eigenvalue weighted by Gasteiger charge is 2.43. The number of para-hydroxylation sites is 1. The van der Waals surface area contributed by atoms with Gasteiger partial charge in [-0.05, 0) is 29.3 Å². The quantitative estimate of drug-likeness (QED) is 0.671. The number of hydrogen-bond acceptors (Lipinski definition) is 5. The van der Waals surface area contributed by atoms with E-state index in [4.69, 9.17) is 14.2 Å². The van der Waals surface area contributed by atoms with E-state index in [0.717, 1.165) is 27.7 Å². The summed E-state index contributed by atoms with van der Waals surface area (Å²) in [6.45, 7) is 1.47. The Morgan fingerprint density at radius 2 is 1.77 bits per heavy atom. The number of carbonyl (C=O) groups excluding carboxylic acids is 2. The summed E-state index contributed by atoms with van der Waals surface area (Å²) in [6.07, 6.45) is 0.384. The molecule has 0 radical (unpaired) electrons. The molecule has 0 saturated heterocycles. The van der Waals surface area contributed by atoms with Crippen LogP contribution in [-0.2, 0) is 20.7 Å². The SMILES string of the molecule is COC(=O)[C@@H]1Cc2c([nH]c3ccccc23)[C@H](c2ccc(OC)c(OC)c2)N1C(C)=O. The lowest BCUT2D eigenvalue weighted by molar-refractivity contribution is -0.154. The number of esters is 1. The van der Waals surface area contributed by atoms with Crippen molar-refractivity contribution in [1.82, 2.24) is 9.88 Å². The maximum Gasteiger partial charge on any atom is 0.328 e. The smallest absolute Gasteiger partial charge is 0.328 e. The number of H-pyrrole nitrogens is 1. The first kappa shape index (κ1) is 19.8. The topological polar surface area (TPSA) is 80.9 Å². The first-order valence-corrected chi connectivity index (χ1v) is 9.68. The zero-order valence-electron chi connectivity index (χ0n) is 17.4. The molecule has 7 nitrogen and oxygen atoms in total. The van der Waals surface area contributed by atoms with Crippen LogP contribution in [0.5, 0.6) is 11.5 Å². The Kier molecular flexibility index (Phi) is 5.11. The van der Waals surface area contributed by atoms with Crippen LogP contribution >= 0.6 is 0 Å². The first-order chi connectivity index (χ1) is 14.5. The summed E-state index contributed by atoms with van der Waals surface area (Å²) in [6, 6.07) is 12.2. The fourth-order valence-electron chi connectivity index (χ4n) is 4.37. The van der Waals surface area contributed by atoms with Crippen molar-refractivity contribution < 1.29 is 23.8 Å². The molecule has 1 amide bonds. The molecule has 0 fully saturated rings. The molecule has 2 aromatic carbocycles. The molecule has 2 heterocycles. The van der Waals surface area contributed by atoms with Crippen LogP contribution in [0, 0.1) is 0 Å². The van der Waals surface area contributed by atoms with Crippen LogP contribution in [0.4, 0.5) is 0 Å². The van der Waals surface area contributed by atoms with Gasteiger partial charge in [-0.15, -0.1) is 0 Å². The van der Waals surface area contributed by atoms with Crippen molar-refractivity contribution in [2.45, 2.75) is 25.4 Å². The molecule has 1 aromatic heterocycles. The minimum atomic E-state index is -0.725. The number of rotatable bonds is 4. The van der Waals surface area contributed by atoms with Crippen molar-refractivity contribution >= 4 is 22.8 Å². The molecular formula is C23H24N2O5. The van der Waals surface area contributed by atoms with Gasteiger partial charge in [0.25, 0.3) is 0 Å². The minimum absolute atomic E-state index is 0.213. The fourth-order valence-corrected chi connectivity index (χ4v) is 4.37. The molecule has 4 rings (SSSR count). The van der Waals surface area contributed by atoms with Crippen molar-refractivity contribution in [2.75, 3.05) is 21.3 Å². The van der Waals surface area contributed by atoms with Crippen molar-refractivity contribution in [3.63, 3.8) is 0 Å².